The third-order valence-corrected chi connectivity index (χ3v) is 5.70. The average Bonchev–Trinajstić information content (AvgIpc) is 2.92. The third-order valence-electron chi connectivity index (χ3n) is 5.70. The van der Waals surface area contributed by atoms with E-state index < -0.39 is 0 Å². The van der Waals surface area contributed by atoms with Crippen molar-refractivity contribution in [2.45, 2.75) is 64.4 Å². The minimum atomic E-state index is 0.0946. The Bertz CT molecular complexity index is 542. The number of ether oxygens (including phenoxy) is 2. The molecule has 5 nitrogen and oxygen atoms in total. The molecule has 2 saturated heterocycles. The molecule has 0 N–H and O–H groups in total. The Morgan fingerprint density at radius 2 is 1.77 bits per heavy atom. The van der Waals surface area contributed by atoms with Gasteiger partial charge in [0.2, 0.25) is 11.8 Å². The van der Waals surface area contributed by atoms with Crippen LogP contribution in [0.1, 0.15) is 70.1 Å². The molecular formula is C17H26N2O3. The van der Waals surface area contributed by atoms with Gasteiger partial charge < -0.3 is 13.9 Å². The topological polar surface area (TPSA) is 57.4 Å². The first-order valence-electron chi connectivity index (χ1n) is 8.52. The van der Waals surface area contributed by atoms with Crippen LogP contribution in [0.2, 0.25) is 0 Å². The van der Waals surface area contributed by atoms with Crippen LogP contribution in [0.15, 0.2) is 4.42 Å². The summed E-state index contributed by atoms with van der Waals surface area (Å²) < 4.78 is 17.5. The van der Waals surface area contributed by atoms with Gasteiger partial charge in [-0.2, -0.15) is 0 Å². The average molecular weight is 306 g/mol. The van der Waals surface area contributed by atoms with Crippen molar-refractivity contribution in [3.05, 3.63) is 11.8 Å². The maximum atomic E-state index is 6.10. The minimum absolute atomic E-state index is 0.0946. The Balaban J connectivity index is 1.50. The normalized spacial score (nSPS) is 34.2. The second-order valence-electron chi connectivity index (χ2n) is 8.26. The second kappa shape index (κ2) is 5.03. The molecule has 3 aliphatic rings. The summed E-state index contributed by atoms with van der Waals surface area (Å²) in [5, 5.41) is 8.75. The van der Waals surface area contributed by atoms with E-state index in [2.05, 4.69) is 31.0 Å². The first-order chi connectivity index (χ1) is 10.5. The Labute approximate surface area is 131 Å². The van der Waals surface area contributed by atoms with Crippen molar-refractivity contribution in [2.24, 2.45) is 10.8 Å². The van der Waals surface area contributed by atoms with Crippen molar-refractivity contribution in [3.8, 4) is 0 Å². The Hall–Kier alpha value is -0.940. The molecule has 3 fully saturated rings. The van der Waals surface area contributed by atoms with Crippen LogP contribution in [0.4, 0.5) is 0 Å². The molecule has 0 bridgehead atoms. The molecule has 1 aromatic rings. The van der Waals surface area contributed by atoms with Crippen molar-refractivity contribution in [2.75, 3.05) is 19.8 Å². The summed E-state index contributed by atoms with van der Waals surface area (Å²) >= 11 is 0. The summed E-state index contributed by atoms with van der Waals surface area (Å²) in [5.41, 5.74) is 0.481. The van der Waals surface area contributed by atoms with E-state index in [0.717, 1.165) is 50.9 Å². The van der Waals surface area contributed by atoms with Crippen LogP contribution in [0.3, 0.4) is 0 Å². The molecule has 0 aromatic carbocycles. The quantitative estimate of drug-likeness (QED) is 0.839. The van der Waals surface area contributed by atoms with Gasteiger partial charge in [0.25, 0.3) is 0 Å². The Kier molecular flexibility index (Phi) is 3.35. The van der Waals surface area contributed by atoms with Crippen LogP contribution in [0, 0.1) is 10.8 Å². The molecule has 122 valence electrons. The highest BCUT2D eigenvalue weighted by atomic mass is 16.5. The van der Waals surface area contributed by atoms with Crippen molar-refractivity contribution in [1.82, 2.24) is 10.2 Å². The highest BCUT2D eigenvalue weighted by Crippen LogP contribution is 2.64. The lowest BCUT2D eigenvalue weighted by Crippen LogP contribution is -2.30. The van der Waals surface area contributed by atoms with Crippen LogP contribution in [-0.2, 0) is 9.47 Å². The largest absolute Gasteiger partial charge is 0.425 e. The van der Waals surface area contributed by atoms with E-state index in [9.17, 15) is 0 Å². The Morgan fingerprint density at radius 1 is 1.05 bits per heavy atom. The lowest BCUT2D eigenvalue weighted by atomic mass is 9.81. The molecular weight excluding hydrogens is 280 g/mol. The van der Waals surface area contributed by atoms with Crippen molar-refractivity contribution in [1.29, 1.82) is 0 Å². The molecule has 3 atom stereocenters. The van der Waals surface area contributed by atoms with Crippen LogP contribution < -0.4 is 0 Å². The van der Waals surface area contributed by atoms with Gasteiger partial charge in [0, 0.05) is 25.7 Å². The fourth-order valence-corrected chi connectivity index (χ4v) is 4.26. The van der Waals surface area contributed by atoms with Crippen LogP contribution in [0.5, 0.6) is 0 Å². The van der Waals surface area contributed by atoms with Gasteiger partial charge in [-0.15, -0.1) is 10.2 Å². The molecule has 22 heavy (non-hydrogen) atoms. The first-order valence-corrected chi connectivity index (χ1v) is 8.52. The molecule has 1 aliphatic carbocycles. The molecule has 3 heterocycles. The molecule has 0 radical (unpaired) electrons. The third kappa shape index (κ3) is 2.38. The maximum Gasteiger partial charge on any atom is 0.222 e. The number of hydrogen-bond acceptors (Lipinski definition) is 5. The van der Waals surface area contributed by atoms with Gasteiger partial charge >= 0.3 is 0 Å². The maximum absolute atomic E-state index is 6.10. The van der Waals surface area contributed by atoms with Crippen LogP contribution in [0.25, 0.3) is 0 Å². The fourth-order valence-electron chi connectivity index (χ4n) is 4.26. The first kappa shape index (κ1) is 14.6. The summed E-state index contributed by atoms with van der Waals surface area (Å²) in [4.78, 5) is 0. The number of rotatable bonds is 2. The zero-order valence-corrected chi connectivity index (χ0v) is 13.8. The zero-order chi connectivity index (χ0) is 15.4. The summed E-state index contributed by atoms with van der Waals surface area (Å²) in [7, 11) is 0. The summed E-state index contributed by atoms with van der Waals surface area (Å²) in [6.45, 7) is 9.18. The van der Waals surface area contributed by atoms with Gasteiger partial charge in [-0.3, -0.25) is 0 Å². The second-order valence-corrected chi connectivity index (χ2v) is 8.26. The van der Waals surface area contributed by atoms with Gasteiger partial charge in [-0.05, 0) is 36.5 Å². The fraction of sp³-hybridized carbons (Fsp3) is 0.882. The minimum Gasteiger partial charge on any atom is -0.425 e. The SMILES string of the molecule is CC(C)(C)[C@H]1OCC[C@@H]1c1nnc([C@H]2CC23CCOCC3)o1. The molecule has 0 unspecified atom stereocenters. The standard InChI is InChI=1S/C17H26N2O3/c1-16(2,3)13-11(4-7-21-13)14-18-19-15(22-14)12-10-17(12)5-8-20-9-6-17/h11-13H,4-10H2,1-3H3/t11-,12+,13-/m0/s1. The molecule has 5 heteroatoms. The highest BCUT2D eigenvalue weighted by Gasteiger charge is 2.58. The molecule has 1 spiro atoms. The van der Waals surface area contributed by atoms with Crippen LogP contribution in [-0.4, -0.2) is 36.1 Å². The molecule has 1 saturated carbocycles. The highest BCUT2D eigenvalue weighted by molar-refractivity contribution is 5.17. The van der Waals surface area contributed by atoms with E-state index >= 15 is 0 Å². The number of nitrogens with zero attached hydrogens (tertiary/aromatic N) is 2. The summed E-state index contributed by atoms with van der Waals surface area (Å²) in [6, 6.07) is 0. The van der Waals surface area contributed by atoms with Gasteiger partial charge in [-0.25, -0.2) is 0 Å². The van der Waals surface area contributed by atoms with Gasteiger partial charge in [0.15, 0.2) is 0 Å². The zero-order valence-electron chi connectivity index (χ0n) is 13.8. The van der Waals surface area contributed by atoms with E-state index in [1.807, 2.05) is 0 Å². The molecule has 1 aromatic heterocycles. The molecule has 4 rings (SSSR count). The molecule has 2 aliphatic heterocycles. The monoisotopic (exact) mass is 306 g/mol. The van der Waals surface area contributed by atoms with E-state index in [1.54, 1.807) is 0 Å². The van der Waals surface area contributed by atoms with Crippen LogP contribution >= 0.6 is 0 Å². The Morgan fingerprint density at radius 3 is 2.50 bits per heavy atom. The van der Waals surface area contributed by atoms with Gasteiger partial charge in [0.1, 0.15) is 0 Å². The van der Waals surface area contributed by atoms with E-state index in [-0.39, 0.29) is 17.4 Å². The number of aromatic nitrogens is 2. The van der Waals surface area contributed by atoms with E-state index in [1.165, 1.54) is 6.42 Å². The van der Waals surface area contributed by atoms with Crippen molar-refractivity contribution in [3.63, 3.8) is 0 Å². The van der Waals surface area contributed by atoms with E-state index in [0.29, 0.717) is 11.3 Å². The van der Waals surface area contributed by atoms with Crippen molar-refractivity contribution >= 4 is 0 Å². The predicted octanol–water partition coefficient (Wildman–Crippen LogP) is 3.27. The number of hydrogen-bond donors (Lipinski definition) is 0. The predicted molar refractivity (Wildman–Crippen MR) is 80.7 cm³/mol. The van der Waals surface area contributed by atoms with E-state index in [4.69, 9.17) is 13.9 Å². The summed E-state index contributed by atoms with van der Waals surface area (Å²) in [5.74, 6) is 2.32. The summed E-state index contributed by atoms with van der Waals surface area (Å²) in [6.07, 6.45) is 4.59. The van der Waals surface area contributed by atoms with Gasteiger partial charge in [0.05, 0.1) is 12.0 Å². The molecule has 0 amide bonds. The smallest absolute Gasteiger partial charge is 0.222 e. The van der Waals surface area contributed by atoms with Crippen molar-refractivity contribution < 1.29 is 13.9 Å². The lowest BCUT2D eigenvalue weighted by Gasteiger charge is -2.29. The lowest BCUT2D eigenvalue weighted by molar-refractivity contribution is 0.0169. The van der Waals surface area contributed by atoms with Gasteiger partial charge in [-0.1, -0.05) is 20.8 Å².